The first-order chi connectivity index (χ1) is 14.3. The highest BCUT2D eigenvalue weighted by atomic mass is 35.5. The Kier molecular flexibility index (Phi) is 6.84. The molecule has 4 rings (SSSR count). The van der Waals surface area contributed by atoms with E-state index in [0.29, 0.717) is 10.8 Å². The van der Waals surface area contributed by atoms with Crippen molar-refractivity contribution in [3.8, 4) is 5.75 Å². The van der Waals surface area contributed by atoms with Crippen LogP contribution >= 0.6 is 11.6 Å². The molecule has 7 heteroatoms. The molecule has 1 heterocycles. The van der Waals surface area contributed by atoms with Gasteiger partial charge >= 0.3 is 11.5 Å². The van der Waals surface area contributed by atoms with Crippen LogP contribution in [0, 0.1) is 0 Å². The highest BCUT2D eigenvalue weighted by molar-refractivity contribution is 7.79. The number of benzene rings is 3. The van der Waals surface area contributed by atoms with E-state index in [9.17, 15) is 0 Å². The van der Waals surface area contributed by atoms with Crippen LogP contribution in [0.2, 0.25) is 0 Å². The standard InChI is InChI=1S/C23H18ClO.H2O4S/c1-16-21(17-10-4-2-5-11-17)19-14-8-9-15-20(19)25-23(22(16)24)18-12-6-3-7-13-18;1-5(2,3)4/h2-15,21H,1H3;(H2,1,2,3,4)/q+1;/p-1. The van der Waals surface area contributed by atoms with Gasteiger partial charge in [0.2, 0.25) is 10.4 Å². The normalized spacial score (nSPS) is 16.0. The first-order valence-corrected chi connectivity index (χ1v) is 10.8. The van der Waals surface area contributed by atoms with Crippen molar-refractivity contribution in [2.45, 2.75) is 12.8 Å². The maximum Gasteiger partial charge on any atom is 0.379 e. The first kappa shape index (κ1) is 21.9. The molecule has 3 aromatic rings. The number of ketones is 1. The lowest BCUT2D eigenvalue weighted by atomic mass is 9.84. The predicted octanol–water partition coefficient (Wildman–Crippen LogP) is 5.48. The van der Waals surface area contributed by atoms with Gasteiger partial charge in [0.25, 0.3) is 0 Å². The molecule has 5 nitrogen and oxygen atoms in total. The van der Waals surface area contributed by atoms with Gasteiger partial charge in [-0.15, -0.1) is 0 Å². The van der Waals surface area contributed by atoms with Crippen molar-refractivity contribution in [2.24, 2.45) is 0 Å². The summed E-state index contributed by atoms with van der Waals surface area (Å²) in [5, 5.41) is 0.677. The average molecular weight is 443 g/mol. The van der Waals surface area contributed by atoms with Crippen molar-refractivity contribution in [1.82, 2.24) is 0 Å². The number of hydrogen-bond acceptors (Lipinski definition) is 3. The number of allylic oxidation sites excluding steroid dienone is 2. The monoisotopic (exact) mass is 442 g/mol. The summed E-state index contributed by atoms with van der Waals surface area (Å²) >= 11 is 6.82. The number of fused-ring (bicyclic) bond motifs is 1. The summed E-state index contributed by atoms with van der Waals surface area (Å²) in [7, 11) is -4.92. The van der Waals surface area contributed by atoms with Crippen molar-refractivity contribution in [3.05, 3.63) is 112 Å². The summed E-state index contributed by atoms with van der Waals surface area (Å²) in [6.45, 7) is 2.09. The highest BCUT2D eigenvalue weighted by Gasteiger charge is 2.34. The van der Waals surface area contributed by atoms with Crippen molar-refractivity contribution in [3.63, 3.8) is 0 Å². The molecule has 0 saturated heterocycles. The molecule has 0 amide bonds. The lowest BCUT2D eigenvalue weighted by molar-refractivity contribution is -0.165. The summed E-state index contributed by atoms with van der Waals surface area (Å²) in [4.78, 5) is 0. The van der Waals surface area contributed by atoms with Crippen LogP contribution in [0.1, 0.15) is 34.0 Å². The molecule has 0 fully saturated rings. The number of rotatable bonds is 2. The Labute approximate surface area is 180 Å². The first-order valence-electron chi connectivity index (χ1n) is 9.04. The summed E-state index contributed by atoms with van der Waals surface area (Å²) in [6, 6.07) is 28.7. The van der Waals surface area contributed by atoms with Crippen molar-refractivity contribution >= 4 is 27.8 Å². The van der Waals surface area contributed by atoms with Crippen LogP contribution in [0.5, 0.6) is 5.75 Å². The van der Waals surface area contributed by atoms with Gasteiger partial charge in [-0.25, -0.2) is 12.8 Å². The van der Waals surface area contributed by atoms with Gasteiger partial charge in [-0.2, -0.15) is 0 Å². The molecule has 30 heavy (non-hydrogen) atoms. The topological polar surface area (TPSA) is 88.7 Å². The molecule has 0 radical (unpaired) electrons. The Balaban J connectivity index is 0.000000461. The summed E-state index contributed by atoms with van der Waals surface area (Å²) < 4.78 is 39.1. The van der Waals surface area contributed by atoms with Crippen LogP contribution in [0.4, 0.5) is 0 Å². The van der Waals surface area contributed by atoms with Gasteiger partial charge in [-0.1, -0.05) is 72.3 Å². The Morgan fingerprint density at radius 1 is 0.900 bits per heavy atom. The SMILES string of the molecule is CC1=C(Cl)C(c2ccccc2)=[O+]c2ccccc2C1c1ccccc1.O=S(=O)([O-])O. The minimum absolute atomic E-state index is 0.0751. The maximum absolute atomic E-state index is 8.63. The zero-order valence-electron chi connectivity index (χ0n) is 16.0. The van der Waals surface area contributed by atoms with E-state index in [1.807, 2.05) is 54.6 Å². The lowest BCUT2D eigenvalue weighted by Gasteiger charge is -2.16. The fourth-order valence-corrected chi connectivity index (χ4v) is 3.61. The fraction of sp³-hybridized carbons (Fsp3) is 0.0870. The van der Waals surface area contributed by atoms with Crippen molar-refractivity contribution in [2.75, 3.05) is 0 Å². The average Bonchev–Trinajstić information content (AvgIpc) is 2.83. The largest absolute Gasteiger partial charge is 0.726 e. The van der Waals surface area contributed by atoms with Crippen LogP contribution < -0.4 is 0 Å². The highest BCUT2D eigenvalue weighted by Crippen LogP contribution is 2.43. The molecule has 0 aliphatic carbocycles. The van der Waals surface area contributed by atoms with Crippen LogP contribution in [0.3, 0.4) is 0 Å². The summed E-state index contributed by atoms with van der Waals surface area (Å²) in [5.74, 6) is 1.64. The number of halogens is 1. The minimum Gasteiger partial charge on any atom is -0.726 e. The molecule has 3 aromatic carbocycles. The Morgan fingerprint density at radius 2 is 1.40 bits per heavy atom. The van der Waals surface area contributed by atoms with E-state index in [4.69, 9.17) is 33.5 Å². The lowest BCUT2D eigenvalue weighted by Crippen LogP contribution is -2.06. The van der Waals surface area contributed by atoms with E-state index in [2.05, 4.69) is 37.3 Å². The van der Waals surface area contributed by atoms with Gasteiger partial charge in [0.1, 0.15) is 5.03 Å². The summed E-state index contributed by atoms with van der Waals surface area (Å²) in [6.07, 6.45) is 0. The maximum atomic E-state index is 8.63. The third kappa shape index (κ3) is 5.43. The quantitative estimate of drug-likeness (QED) is 0.323. The Hall–Kier alpha value is -2.77. The van der Waals surface area contributed by atoms with Crippen molar-refractivity contribution < 1.29 is 21.9 Å². The second kappa shape index (κ2) is 9.36. The minimum atomic E-state index is -4.92. The van der Waals surface area contributed by atoms with Gasteiger partial charge < -0.3 is 4.55 Å². The van der Waals surface area contributed by atoms with Gasteiger partial charge in [0, 0.05) is 12.0 Å². The van der Waals surface area contributed by atoms with Crippen LogP contribution in [0.15, 0.2) is 95.5 Å². The van der Waals surface area contributed by atoms with Gasteiger partial charge in [0.15, 0.2) is 0 Å². The van der Waals surface area contributed by atoms with E-state index in [1.54, 1.807) is 0 Å². The molecule has 0 spiro atoms. The molecule has 1 unspecified atom stereocenters. The van der Waals surface area contributed by atoms with Gasteiger partial charge in [-0.05, 0) is 36.3 Å². The van der Waals surface area contributed by atoms with Crippen LogP contribution in [-0.4, -0.2) is 23.3 Å². The van der Waals surface area contributed by atoms with E-state index in [1.165, 1.54) is 5.56 Å². The number of hydrogen-bond donors (Lipinski definition) is 1. The molecular formula is C23H19ClO5S. The van der Waals surface area contributed by atoms with Crippen LogP contribution in [-0.2, 0) is 10.4 Å². The van der Waals surface area contributed by atoms with Gasteiger partial charge in [0.05, 0.1) is 11.1 Å². The van der Waals surface area contributed by atoms with Crippen molar-refractivity contribution in [1.29, 1.82) is 0 Å². The zero-order chi connectivity index (χ0) is 21.7. The van der Waals surface area contributed by atoms with E-state index < -0.39 is 10.4 Å². The number of carbonyl (C=O) groups excluding carboxylic acids is 1. The molecule has 154 valence electrons. The molecule has 1 N–H and O–H groups in total. The fourth-order valence-electron chi connectivity index (χ4n) is 3.36. The second-order valence-electron chi connectivity index (χ2n) is 6.60. The second-order valence-corrected chi connectivity index (χ2v) is 7.84. The molecule has 0 saturated carbocycles. The third-order valence-corrected chi connectivity index (χ3v) is 5.06. The van der Waals surface area contributed by atoms with Crippen LogP contribution in [0.25, 0.3) is 0 Å². The molecule has 1 aliphatic rings. The summed E-state index contributed by atoms with van der Waals surface area (Å²) in [5.41, 5.74) is 4.42. The third-order valence-electron chi connectivity index (χ3n) is 4.59. The zero-order valence-corrected chi connectivity index (χ0v) is 17.6. The van der Waals surface area contributed by atoms with E-state index >= 15 is 0 Å². The number of para-hydroxylation sites is 1. The predicted molar refractivity (Wildman–Crippen MR) is 116 cm³/mol. The van der Waals surface area contributed by atoms with Gasteiger partial charge in [-0.3, -0.25) is 4.55 Å². The smallest absolute Gasteiger partial charge is 0.379 e. The Morgan fingerprint density at radius 3 is 2.00 bits per heavy atom. The molecular weight excluding hydrogens is 424 g/mol. The van der Waals surface area contributed by atoms with E-state index in [0.717, 1.165) is 22.4 Å². The molecule has 0 aromatic heterocycles. The molecule has 1 aliphatic heterocycles. The Bertz CT molecular complexity index is 1180. The molecule has 1 atom stereocenters. The van der Waals surface area contributed by atoms with E-state index in [-0.39, 0.29) is 5.92 Å². The molecule has 0 bridgehead atoms.